The van der Waals surface area contributed by atoms with Crippen LogP contribution in [0.15, 0.2) is 0 Å². The van der Waals surface area contributed by atoms with E-state index in [0.29, 0.717) is 0 Å². The third-order valence-electron chi connectivity index (χ3n) is 9.16. The Morgan fingerprint density at radius 1 is 0.562 bits per heavy atom. The lowest BCUT2D eigenvalue weighted by molar-refractivity contribution is -0.381. The number of ether oxygens (including phenoxy) is 8. The van der Waals surface area contributed by atoms with Gasteiger partial charge in [-0.25, -0.2) is 0 Å². The summed E-state index contributed by atoms with van der Waals surface area (Å²) in [7, 11) is 0. The molecule has 5 saturated heterocycles. The van der Waals surface area contributed by atoms with Gasteiger partial charge in [0.1, 0.15) is 85.3 Å². The van der Waals surface area contributed by atoms with Gasteiger partial charge in [-0.3, -0.25) is 9.59 Å². The first kappa shape index (κ1) is 37.6. The molecule has 0 aromatic carbocycles. The van der Waals surface area contributed by atoms with E-state index in [-0.39, 0.29) is 0 Å². The molecular formula is C28H46N2O18. The molecule has 6 bridgehead atoms. The summed E-state index contributed by atoms with van der Waals surface area (Å²) >= 11 is 0. The average Bonchev–Trinajstić information content (AvgIpc) is 3.02. The molecule has 48 heavy (non-hydrogen) atoms. The van der Waals surface area contributed by atoms with E-state index in [1.54, 1.807) is 0 Å². The lowest BCUT2D eigenvalue weighted by atomic mass is 9.93. The van der Waals surface area contributed by atoms with Crippen LogP contribution in [0.4, 0.5) is 0 Å². The highest BCUT2D eigenvalue weighted by molar-refractivity contribution is 5.73. The highest BCUT2D eigenvalue weighted by atomic mass is 16.8. The van der Waals surface area contributed by atoms with Gasteiger partial charge in [0, 0.05) is 13.8 Å². The maximum atomic E-state index is 12.5. The summed E-state index contributed by atoms with van der Waals surface area (Å²) in [6, 6.07) is -2.81. The lowest BCUT2D eigenvalue weighted by Crippen LogP contribution is -2.71. The van der Waals surface area contributed by atoms with E-state index in [2.05, 4.69) is 10.6 Å². The van der Waals surface area contributed by atoms with Gasteiger partial charge in [-0.1, -0.05) is 0 Å². The third kappa shape index (κ3) is 7.49. The van der Waals surface area contributed by atoms with Gasteiger partial charge < -0.3 is 89.4 Å². The molecule has 5 heterocycles. The standard InChI is InChI=1S/C28H46N2O18/c1-7-15(34)20(39)24-28(43-7)41-6-12-17(36)19(38)21(40)27(45-12)47-22-13(29-9(3)32)25(42-8(2)16(22)35)46-23-14(30-10(4)33)26(48-24)44-11(5-31)18(23)37/h7-8,11-28,31,34-40H,5-6H2,1-4H3,(H,29,32)(H,30,33)/t7-,8-,11+,12+,13-,14+,15-,16+,17+,18+,19-,20+,21+,22-,23+,24+,25-,26-,27+,28+/m0/s1. The Morgan fingerprint density at radius 3 is 1.69 bits per heavy atom. The Kier molecular flexibility index (Phi) is 11.9. The predicted molar refractivity (Wildman–Crippen MR) is 151 cm³/mol. The van der Waals surface area contributed by atoms with Gasteiger partial charge in [0.25, 0.3) is 0 Å². The largest absolute Gasteiger partial charge is 0.394 e. The molecule has 0 spiro atoms. The van der Waals surface area contributed by atoms with Crippen molar-refractivity contribution in [3.05, 3.63) is 0 Å². The fourth-order valence-corrected chi connectivity index (χ4v) is 6.51. The van der Waals surface area contributed by atoms with E-state index < -0.39 is 148 Å². The molecule has 20 heteroatoms. The molecule has 5 rings (SSSR count). The van der Waals surface area contributed by atoms with Crippen molar-refractivity contribution >= 4 is 11.8 Å². The number of nitrogens with one attached hydrogen (secondary N) is 2. The highest BCUT2D eigenvalue weighted by Gasteiger charge is 2.56. The number of fused-ring (bicyclic) bond motifs is 7. The molecule has 0 radical (unpaired) electrons. The van der Waals surface area contributed by atoms with Crippen LogP contribution in [0.3, 0.4) is 0 Å². The van der Waals surface area contributed by atoms with Gasteiger partial charge in [0.2, 0.25) is 11.8 Å². The van der Waals surface area contributed by atoms with Gasteiger partial charge in [0.05, 0.1) is 25.4 Å². The summed E-state index contributed by atoms with van der Waals surface area (Å²) in [5.74, 6) is -1.28. The summed E-state index contributed by atoms with van der Waals surface area (Å²) in [6.07, 6.45) is -27.8. The van der Waals surface area contributed by atoms with Crippen molar-refractivity contribution in [3.8, 4) is 0 Å². The van der Waals surface area contributed by atoms with Crippen molar-refractivity contribution < 1.29 is 88.3 Å². The van der Waals surface area contributed by atoms with E-state index in [4.69, 9.17) is 37.9 Å². The minimum absolute atomic E-state index is 0.570. The highest BCUT2D eigenvalue weighted by Crippen LogP contribution is 2.35. The SMILES string of the molecule is CC(=O)N[C@@H]1[C@@H]2O[C@H]3[C@H](O)[C@@H](CO)O[C@@H](O[C@H]4[C@H](OC[C@H]5O[C@H](O[C@@H]1[C@H](O)[C@H](C)O2)[C@H](O)[C@@H](O)[C@@H]5O)O[C@@H](C)[C@H](O)[C@H]4O)[C@@H]3NC(C)=O. The van der Waals surface area contributed by atoms with Crippen LogP contribution in [-0.2, 0) is 47.5 Å². The van der Waals surface area contributed by atoms with Crippen molar-refractivity contribution in [1.82, 2.24) is 10.6 Å². The van der Waals surface area contributed by atoms with Crippen LogP contribution < -0.4 is 10.6 Å². The minimum atomic E-state index is -1.87. The molecular weight excluding hydrogens is 652 g/mol. The van der Waals surface area contributed by atoms with E-state index >= 15 is 0 Å². The van der Waals surface area contributed by atoms with Crippen molar-refractivity contribution in [1.29, 1.82) is 0 Å². The topological polar surface area (TPSA) is 294 Å². The number of carbonyl (C=O) groups is 2. The van der Waals surface area contributed by atoms with Crippen LogP contribution in [-0.4, -0.2) is 189 Å². The molecule has 5 fully saturated rings. The Morgan fingerprint density at radius 2 is 1.08 bits per heavy atom. The summed E-state index contributed by atoms with van der Waals surface area (Å²) in [6.45, 7) is 3.85. The van der Waals surface area contributed by atoms with Gasteiger partial charge in [-0.15, -0.1) is 0 Å². The van der Waals surface area contributed by atoms with E-state index in [0.717, 1.165) is 13.8 Å². The van der Waals surface area contributed by atoms with E-state index in [9.17, 15) is 50.4 Å². The van der Waals surface area contributed by atoms with Crippen molar-refractivity contribution in [2.45, 2.75) is 150 Å². The third-order valence-corrected chi connectivity index (χ3v) is 9.16. The number of hydrogen-bond donors (Lipinski definition) is 10. The van der Waals surface area contributed by atoms with Gasteiger partial charge in [-0.05, 0) is 13.8 Å². The lowest BCUT2D eigenvalue weighted by Gasteiger charge is -2.51. The molecule has 5 aliphatic rings. The summed E-state index contributed by atoms with van der Waals surface area (Å²) in [4.78, 5) is 24.9. The normalized spacial score (nSPS) is 51.7. The van der Waals surface area contributed by atoms with Gasteiger partial charge >= 0.3 is 0 Å². The minimum Gasteiger partial charge on any atom is -0.394 e. The van der Waals surface area contributed by atoms with Crippen LogP contribution in [0.25, 0.3) is 0 Å². The predicted octanol–water partition coefficient (Wildman–Crippen LogP) is -6.36. The second-order valence-corrected chi connectivity index (χ2v) is 12.7. The molecule has 0 saturated carbocycles. The Balaban J connectivity index is 1.61. The fourth-order valence-electron chi connectivity index (χ4n) is 6.51. The maximum Gasteiger partial charge on any atom is 0.217 e. The number of aliphatic hydroxyl groups excluding tert-OH is 8. The molecule has 0 unspecified atom stereocenters. The average molecular weight is 699 g/mol. The van der Waals surface area contributed by atoms with Crippen molar-refractivity contribution in [2.75, 3.05) is 13.2 Å². The number of carbonyl (C=O) groups excluding carboxylic acids is 2. The smallest absolute Gasteiger partial charge is 0.217 e. The quantitative estimate of drug-likeness (QED) is 0.131. The van der Waals surface area contributed by atoms with E-state index in [1.165, 1.54) is 13.8 Å². The zero-order valence-electron chi connectivity index (χ0n) is 26.6. The number of amides is 2. The molecule has 2 amide bonds. The maximum absolute atomic E-state index is 12.5. The number of hydrogen-bond acceptors (Lipinski definition) is 18. The van der Waals surface area contributed by atoms with Crippen molar-refractivity contribution in [3.63, 3.8) is 0 Å². The Bertz CT molecular complexity index is 1120. The van der Waals surface area contributed by atoms with Crippen molar-refractivity contribution in [2.24, 2.45) is 0 Å². The molecule has 0 aromatic rings. The first-order valence-electron chi connectivity index (χ1n) is 15.7. The zero-order chi connectivity index (χ0) is 35.2. The summed E-state index contributed by atoms with van der Waals surface area (Å²) in [5.41, 5.74) is 0. The molecule has 20 nitrogen and oxygen atoms in total. The van der Waals surface area contributed by atoms with Crippen LogP contribution in [0.2, 0.25) is 0 Å². The van der Waals surface area contributed by atoms with Crippen LogP contribution in [0.5, 0.6) is 0 Å². The van der Waals surface area contributed by atoms with Gasteiger partial charge in [0.15, 0.2) is 25.2 Å². The van der Waals surface area contributed by atoms with E-state index in [1.807, 2.05) is 0 Å². The molecule has 276 valence electrons. The summed E-state index contributed by atoms with van der Waals surface area (Å²) < 4.78 is 47.4. The molecule has 0 aliphatic carbocycles. The first-order valence-corrected chi connectivity index (χ1v) is 15.7. The second kappa shape index (κ2) is 15.3. The fraction of sp³-hybridized carbons (Fsp3) is 0.929. The Hall–Kier alpha value is -1.70. The monoisotopic (exact) mass is 698 g/mol. The van der Waals surface area contributed by atoms with Crippen LogP contribution >= 0.6 is 0 Å². The molecule has 0 aromatic heterocycles. The zero-order valence-corrected chi connectivity index (χ0v) is 26.6. The van der Waals surface area contributed by atoms with Gasteiger partial charge in [-0.2, -0.15) is 0 Å². The Labute approximate surface area is 274 Å². The molecule has 10 N–H and O–H groups in total. The second-order valence-electron chi connectivity index (χ2n) is 12.7. The summed E-state index contributed by atoms with van der Waals surface area (Å²) in [5, 5.41) is 91.8. The molecule has 5 aliphatic heterocycles. The number of rotatable bonds is 3. The van der Waals surface area contributed by atoms with Crippen LogP contribution in [0.1, 0.15) is 27.7 Å². The van der Waals surface area contributed by atoms with Crippen LogP contribution in [0, 0.1) is 0 Å². The molecule has 20 atom stereocenters. The first-order chi connectivity index (χ1) is 22.6. The number of aliphatic hydroxyl groups is 8.